The number of nitrogens with one attached hydrogen (secondary N) is 1. The maximum Gasteiger partial charge on any atom is 0.227 e. The highest BCUT2D eigenvalue weighted by Crippen LogP contribution is 2.38. The predicted octanol–water partition coefficient (Wildman–Crippen LogP) is 3.98. The van der Waals surface area contributed by atoms with Gasteiger partial charge < -0.3 is 9.84 Å². The van der Waals surface area contributed by atoms with Gasteiger partial charge in [0.25, 0.3) is 0 Å². The number of carbonyl (C=O) groups is 2. The van der Waals surface area contributed by atoms with Crippen molar-refractivity contribution in [2.75, 3.05) is 5.32 Å². The normalized spacial score (nSPS) is 15.6. The van der Waals surface area contributed by atoms with E-state index < -0.39 is 0 Å². The van der Waals surface area contributed by atoms with Gasteiger partial charge in [0.2, 0.25) is 17.6 Å². The maximum absolute atomic E-state index is 12.2. The Morgan fingerprint density at radius 2 is 2.19 bits per heavy atom. The molecule has 0 bridgehead atoms. The predicted molar refractivity (Wildman–Crippen MR) is 103 cm³/mol. The van der Waals surface area contributed by atoms with Crippen molar-refractivity contribution in [3.63, 3.8) is 0 Å². The summed E-state index contributed by atoms with van der Waals surface area (Å²) in [6.07, 6.45) is 1.81. The fraction of sp³-hybridized carbons (Fsp3) is 0.389. The maximum atomic E-state index is 12.2. The molecule has 3 aromatic heterocycles. The average Bonchev–Trinajstić information content (AvgIpc) is 3.32. The third-order valence-electron chi connectivity index (χ3n) is 4.26. The van der Waals surface area contributed by atoms with E-state index in [4.69, 9.17) is 4.52 Å². The minimum atomic E-state index is -0.191. The lowest BCUT2D eigenvalue weighted by Gasteiger charge is -2.26. The first-order valence-electron chi connectivity index (χ1n) is 8.59. The Morgan fingerprint density at radius 1 is 1.33 bits per heavy atom. The van der Waals surface area contributed by atoms with E-state index in [-0.39, 0.29) is 23.5 Å². The molecule has 9 heteroatoms. The lowest BCUT2D eigenvalue weighted by atomic mass is 9.78. The number of thiophene rings is 1. The molecule has 0 unspecified atom stereocenters. The summed E-state index contributed by atoms with van der Waals surface area (Å²) in [5.74, 6) is 0.868. The molecule has 1 aliphatic rings. The van der Waals surface area contributed by atoms with Gasteiger partial charge in [-0.15, -0.1) is 11.3 Å². The second kappa shape index (κ2) is 6.97. The van der Waals surface area contributed by atoms with E-state index in [1.54, 1.807) is 0 Å². The van der Waals surface area contributed by atoms with Gasteiger partial charge in [-0.1, -0.05) is 36.4 Å². The number of Topliss-reactive ketones (excluding diaryl/α,β-unsaturated/α-hetero) is 1. The van der Waals surface area contributed by atoms with Crippen molar-refractivity contribution in [2.45, 2.75) is 39.5 Å². The summed E-state index contributed by atoms with van der Waals surface area (Å²) in [6, 6.07) is 3.84. The lowest BCUT2D eigenvalue weighted by Crippen LogP contribution is -2.26. The number of anilines is 1. The van der Waals surface area contributed by atoms with Crippen LogP contribution >= 0.6 is 22.7 Å². The third kappa shape index (κ3) is 3.98. The number of hydrogen-bond acceptors (Lipinski definition) is 8. The summed E-state index contributed by atoms with van der Waals surface area (Å²) in [6.45, 7) is 4.11. The van der Waals surface area contributed by atoms with E-state index >= 15 is 0 Å². The Balaban J connectivity index is 1.36. The van der Waals surface area contributed by atoms with Crippen LogP contribution in [-0.2, 0) is 17.6 Å². The van der Waals surface area contributed by atoms with E-state index in [1.165, 1.54) is 22.7 Å². The molecule has 1 aliphatic carbocycles. The first kappa shape index (κ1) is 18.0. The monoisotopic (exact) mass is 402 g/mol. The molecular formula is C18H18N4O3S2. The Kier molecular flexibility index (Phi) is 4.65. The van der Waals surface area contributed by atoms with Crippen LogP contribution in [0.2, 0.25) is 0 Å². The van der Waals surface area contributed by atoms with Crippen LogP contribution in [0, 0.1) is 5.41 Å². The average molecular weight is 403 g/mol. The topological polar surface area (TPSA) is 98.0 Å². The van der Waals surface area contributed by atoms with Crippen molar-refractivity contribution in [2.24, 2.45) is 5.41 Å². The van der Waals surface area contributed by atoms with Crippen molar-refractivity contribution in [1.29, 1.82) is 0 Å². The molecule has 0 spiro atoms. The number of nitrogens with zero attached hydrogens (tertiary/aromatic N) is 3. The van der Waals surface area contributed by atoms with Crippen LogP contribution in [0.5, 0.6) is 0 Å². The minimum Gasteiger partial charge on any atom is -0.339 e. The van der Waals surface area contributed by atoms with Gasteiger partial charge in [0.05, 0.1) is 15.4 Å². The SMILES string of the molecule is CC1(C)CC(=O)c2sc(NC(=O)CCc3nc(-c4cccs4)no3)nc2C1. The number of aromatic nitrogens is 3. The summed E-state index contributed by atoms with van der Waals surface area (Å²) in [7, 11) is 0. The summed E-state index contributed by atoms with van der Waals surface area (Å²) in [5.41, 5.74) is 0.700. The molecule has 7 nitrogen and oxygen atoms in total. The van der Waals surface area contributed by atoms with Crippen molar-refractivity contribution >= 4 is 39.5 Å². The first-order chi connectivity index (χ1) is 12.9. The van der Waals surface area contributed by atoms with Crippen molar-refractivity contribution in [3.05, 3.63) is 34.0 Å². The van der Waals surface area contributed by atoms with Gasteiger partial charge in [-0.2, -0.15) is 4.98 Å². The van der Waals surface area contributed by atoms with Gasteiger partial charge in [-0.3, -0.25) is 9.59 Å². The molecule has 1 N–H and O–H groups in total. The van der Waals surface area contributed by atoms with Crippen LogP contribution in [0.4, 0.5) is 5.13 Å². The second-order valence-corrected chi connectivity index (χ2v) is 9.22. The number of hydrogen-bond donors (Lipinski definition) is 1. The molecule has 140 valence electrons. The van der Waals surface area contributed by atoms with E-state index in [0.29, 0.717) is 34.6 Å². The minimum absolute atomic E-state index is 0.0857. The Bertz CT molecular complexity index is 988. The Morgan fingerprint density at radius 3 is 2.96 bits per heavy atom. The standard InChI is InChI=1S/C18H18N4O3S2/c1-18(2)8-10-15(11(23)9-18)27-17(19-10)20-13(24)5-6-14-21-16(22-25-14)12-4-3-7-26-12/h3-4,7H,5-6,8-9H2,1-2H3,(H,19,20,24). The van der Waals surface area contributed by atoms with Crippen LogP contribution < -0.4 is 5.32 Å². The zero-order valence-electron chi connectivity index (χ0n) is 14.9. The molecule has 27 heavy (non-hydrogen) atoms. The van der Waals surface area contributed by atoms with Gasteiger partial charge in [0.1, 0.15) is 0 Å². The Hall–Kier alpha value is -2.39. The van der Waals surface area contributed by atoms with Crippen LogP contribution in [0.3, 0.4) is 0 Å². The zero-order valence-corrected chi connectivity index (χ0v) is 16.6. The highest BCUT2D eigenvalue weighted by atomic mass is 32.1. The quantitative estimate of drug-likeness (QED) is 0.693. The summed E-state index contributed by atoms with van der Waals surface area (Å²) >= 11 is 2.78. The van der Waals surface area contributed by atoms with Gasteiger partial charge in [-0.05, 0) is 23.3 Å². The molecule has 0 saturated heterocycles. The Labute approximate surface area is 163 Å². The van der Waals surface area contributed by atoms with Crippen molar-refractivity contribution in [1.82, 2.24) is 15.1 Å². The van der Waals surface area contributed by atoms with Crippen LogP contribution in [0.25, 0.3) is 10.7 Å². The highest BCUT2D eigenvalue weighted by molar-refractivity contribution is 7.17. The van der Waals surface area contributed by atoms with Gasteiger partial charge in [-0.25, -0.2) is 4.98 Å². The molecule has 0 radical (unpaired) electrons. The fourth-order valence-corrected chi connectivity index (χ4v) is 4.62. The molecule has 3 heterocycles. The number of carbonyl (C=O) groups excluding carboxylic acids is 2. The van der Waals surface area contributed by atoms with Crippen molar-refractivity contribution < 1.29 is 14.1 Å². The number of amides is 1. The van der Waals surface area contributed by atoms with Gasteiger partial charge in [0, 0.05) is 19.3 Å². The van der Waals surface area contributed by atoms with Crippen LogP contribution in [0.15, 0.2) is 22.0 Å². The summed E-state index contributed by atoms with van der Waals surface area (Å²) in [5, 5.41) is 9.13. The van der Waals surface area contributed by atoms with Gasteiger partial charge >= 0.3 is 0 Å². The fourth-order valence-electron chi connectivity index (χ4n) is 3.04. The molecule has 4 rings (SSSR count). The van der Waals surface area contributed by atoms with E-state index in [1.807, 2.05) is 17.5 Å². The van der Waals surface area contributed by atoms with E-state index in [2.05, 4.69) is 34.3 Å². The number of ketones is 1. The molecular weight excluding hydrogens is 384 g/mol. The number of thiazole rings is 1. The van der Waals surface area contributed by atoms with Gasteiger partial charge in [0.15, 0.2) is 10.9 Å². The summed E-state index contributed by atoms with van der Waals surface area (Å²) in [4.78, 5) is 34.8. The molecule has 0 saturated carbocycles. The third-order valence-corrected chi connectivity index (χ3v) is 6.18. The summed E-state index contributed by atoms with van der Waals surface area (Å²) < 4.78 is 5.20. The number of fused-ring (bicyclic) bond motifs is 1. The van der Waals surface area contributed by atoms with Crippen LogP contribution in [-0.4, -0.2) is 26.8 Å². The molecule has 0 aliphatic heterocycles. The molecule has 1 amide bonds. The second-order valence-electron chi connectivity index (χ2n) is 7.27. The highest BCUT2D eigenvalue weighted by Gasteiger charge is 2.34. The van der Waals surface area contributed by atoms with E-state index in [0.717, 1.165) is 17.0 Å². The largest absolute Gasteiger partial charge is 0.339 e. The number of rotatable bonds is 5. The molecule has 3 aromatic rings. The lowest BCUT2D eigenvalue weighted by molar-refractivity contribution is -0.116. The molecule has 0 atom stereocenters. The van der Waals surface area contributed by atoms with E-state index in [9.17, 15) is 9.59 Å². The van der Waals surface area contributed by atoms with Crippen molar-refractivity contribution in [3.8, 4) is 10.7 Å². The number of aryl methyl sites for hydroxylation is 1. The van der Waals surface area contributed by atoms with Crippen LogP contribution in [0.1, 0.15) is 47.9 Å². The smallest absolute Gasteiger partial charge is 0.227 e. The first-order valence-corrected chi connectivity index (χ1v) is 10.3. The zero-order chi connectivity index (χ0) is 19.0. The molecule has 0 fully saturated rings. The molecule has 0 aromatic carbocycles.